The summed E-state index contributed by atoms with van der Waals surface area (Å²) in [6, 6.07) is 4.63. The third-order valence-electron chi connectivity index (χ3n) is 3.97. The number of rotatable bonds is 3. The summed E-state index contributed by atoms with van der Waals surface area (Å²) in [4.78, 5) is 0. The van der Waals surface area contributed by atoms with E-state index >= 15 is 0 Å². The van der Waals surface area contributed by atoms with Crippen molar-refractivity contribution < 1.29 is 26.7 Å². The zero-order chi connectivity index (χ0) is 15.9. The van der Waals surface area contributed by atoms with E-state index in [2.05, 4.69) is 0 Å². The molecule has 8 heteroatoms. The van der Waals surface area contributed by atoms with E-state index in [-0.39, 0.29) is 24.3 Å². The maximum absolute atomic E-state index is 13.0. The average Bonchev–Trinajstić information content (AvgIpc) is 2.74. The molecule has 1 aromatic rings. The molecule has 0 aromatic heterocycles. The largest absolute Gasteiger partial charge is 0.416 e. The van der Waals surface area contributed by atoms with E-state index < -0.39 is 38.8 Å². The maximum atomic E-state index is 13.0. The van der Waals surface area contributed by atoms with Gasteiger partial charge in [0.05, 0.1) is 23.2 Å². The normalized spacial score (nSPS) is 26.7. The Morgan fingerprint density at radius 3 is 2.43 bits per heavy atom. The Morgan fingerprint density at radius 2 is 1.95 bits per heavy atom. The van der Waals surface area contributed by atoms with Gasteiger partial charge in [-0.15, -0.1) is 0 Å². The van der Waals surface area contributed by atoms with Gasteiger partial charge >= 0.3 is 6.18 Å². The van der Waals surface area contributed by atoms with E-state index in [0.29, 0.717) is 0 Å². The van der Waals surface area contributed by atoms with Gasteiger partial charge in [-0.05, 0) is 18.1 Å². The van der Waals surface area contributed by atoms with Crippen LogP contribution in [0.25, 0.3) is 0 Å². The summed E-state index contributed by atoms with van der Waals surface area (Å²) in [6.45, 7) is -0.195. The molecule has 1 heterocycles. The molecule has 2 rings (SSSR count). The van der Waals surface area contributed by atoms with Crippen molar-refractivity contribution in [1.82, 2.24) is 0 Å². The van der Waals surface area contributed by atoms with Gasteiger partial charge in [0.15, 0.2) is 9.84 Å². The number of alkyl halides is 3. The zero-order valence-corrected chi connectivity index (χ0v) is 11.9. The lowest BCUT2D eigenvalue weighted by atomic mass is 9.77. The summed E-state index contributed by atoms with van der Waals surface area (Å²) in [7, 11) is -3.39. The number of sulfone groups is 1. The quantitative estimate of drug-likeness (QED) is 0.883. The van der Waals surface area contributed by atoms with Crippen molar-refractivity contribution in [3.63, 3.8) is 0 Å². The van der Waals surface area contributed by atoms with Crippen molar-refractivity contribution in [2.75, 3.05) is 18.1 Å². The van der Waals surface area contributed by atoms with Crippen LogP contribution in [0.4, 0.5) is 13.2 Å². The highest BCUT2D eigenvalue weighted by Crippen LogP contribution is 2.45. The van der Waals surface area contributed by atoms with Gasteiger partial charge in [0, 0.05) is 12.0 Å². The zero-order valence-electron chi connectivity index (χ0n) is 11.1. The molecule has 118 valence electrons. The van der Waals surface area contributed by atoms with E-state index in [1.54, 1.807) is 0 Å². The molecule has 1 aliphatic heterocycles. The highest BCUT2D eigenvalue weighted by molar-refractivity contribution is 7.91. The van der Waals surface area contributed by atoms with Crippen LogP contribution in [0.2, 0.25) is 0 Å². The third kappa shape index (κ3) is 3.07. The van der Waals surface area contributed by atoms with Crippen molar-refractivity contribution >= 4 is 9.84 Å². The van der Waals surface area contributed by atoms with Crippen LogP contribution in [0.5, 0.6) is 0 Å². The fourth-order valence-corrected chi connectivity index (χ4v) is 4.91. The second kappa shape index (κ2) is 5.26. The topological polar surface area (TPSA) is 80.4 Å². The molecule has 0 bridgehead atoms. The fourth-order valence-electron chi connectivity index (χ4n) is 2.75. The molecule has 1 fully saturated rings. The molecule has 2 unspecified atom stereocenters. The molecule has 0 aliphatic carbocycles. The number of aliphatic hydroxyl groups excluding tert-OH is 1. The molecule has 3 N–H and O–H groups in total. The van der Waals surface area contributed by atoms with Crippen LogP contribution in [-0.4, -0.2) is 31.6 Å². The molecular formula is C13H16F3NO3S. The van der Waals surface area contributed by atoms with Gasteiger partial charge in [-0.1, -0.05) is 18.2 Å². The Kier molecular flexibility index (Phi) is 4.07. The van der Waals surface area contributed by atoms with Gasteiger partial charge in [-0.2, -0.15) is 13.2 Å². The van der Waals surface area contributed by atoms with Crippen LogP contribution in [0.3, 0.4) is 0 Å². The Morgan fingerprint density at radius 1 is 1.33 bits per heavy atom. The molecule has 1 aliphatic rings. The first-order chi connectivity index (χ1) is 9.61. The standard InChI is InChI=1S/C13H16F3NO3S/c14-13(15,16)10-4-2-1-3-9(10)11(18)12(7-17)5-6-21(19,20)8-12/h1-4,11,18H,5-8,17H2. The molecule has 0 radical (unpaired) electrons. The predicted octanol–water partition coefficient (Wildman–Crippen LogP) is 1.50. The maximum Gasteiger partial charge on any atom is 0.416 e. The van der Waals surface area contributed by atoms with Gasteiger partial charge in [-0.25, -0.2) is 8.42 Å². The fraction of sp³-hybridized carbons (Fsp3) is 0.538. The minimum absolute atomic E-state index is 0.0548. The Balaban J connectivity index is 2.47. The van der Waals surface area contributed by atoms with Gasteiger partial charge in [0.25, 0.3) is 0 Å². The highest BCUT2D eigenvalue weighted by Gasteiger charge is 2.49. The summed E-state index contributed by atoms with van der Waals surface area (Å²) in [5.41, 5.74) is 3.03. The second-order valence-electron chi connectivity index (χ2n) is 5.40. The Labute approximate surface area is 120 Å². The number of hydrogen-bond donors (Lipinski definition) is 2. The lowest BCUT2D eigenvalue weighted by Crippen LogP contribution is -2.38. The minimum Gasteiger partial charge on any atom is -0.388 e. The summed E-state index contributed by atoms with van der Waals surface area (Å²) >= 11 is 0. The predicted molar refractivity (Wildman–Crippen MR) is 71.2 cm³/mol. The third-order valence-corrected chi connectivity index (χ3v) is 5.81. The summed E-state index contributed by atoms with van der Waals surface area (Å²) < 4.78 is 62.3. The average molecular weight is 323 g/mol. The Hall–Kier alpha value is -1.12. The number of halogens is 3. The van der Waals surface area contributed by atoms with Crippen molar-refractivity contribution in [2.24, 2.45) is 11.1 Å². The highest BCUT2D eigenvalue weighted by atomic mass is 32.2. The van der Waals surface area contributed by atoms with E-state index in [1.807, 2.05) is 0 Å². The van der Waals surface area contributed by atoms with Crippen LogP contribution in [0, 0.1) is 5.41 Å². The molecule has 2 atom stereocenters. The van der Waals surface area contributed by atoms with Gasteiger partial charge in [0.1, 0.15) is 0 Å². The van der Waals surface area contributed by atoms with Crippen LogP contribution >= 0.6 is 0 Å². The lowest BCUT2D eigenvalue weighted by Gasteiger charge is -2.33. The van der Waals surface area contributed by atoms with Crippen LogP contribution in [-0.2, 0) is 16.0 Å². The molecule has 0 spiro atoms. The molecule has 0 saturated carbocycles. The van der Waals surface area contributed by atoms with Crippen molar-refractivity contribution in [2.45, 2.75) is 18.7 Å². The molecule has 21 heavy (non-hydrogen) atoms. The van der Waals surface area contributed by atoms with E-state index in [4.69, 9.17) is 5.73 Å². The first kappa shape index (κ1) is 16.3. The first-order valence-corrected chi connectivity index (χ1v) is 8.18. The van der Waals surface area contributed by atoms with E-state index in [0.717, 1.165) is 12.1 Å². The van der Waals surface area contributed by atoms with Gasteiger partial charge < -0.3 is 10.8 Å². The first-order valence-electron chi connectivity index (χ1n) is 6.36. The van der Waals surface area contributed by atoms with Crippen LogP contribution < -0.4 is 5.73 Å². The van der Waals surface area contributed by atoms with E-state index in [1.165, 1.54) is 12.1 Å². The summed E-state index contributed by atoms with van der Waals surface area (Å²) in [5, 5.41) is 10.4. The van der Waals surface area contributed by atoms with Gasteiger partial charge in [-0.3, -0.25) is 0 Å². The second-order valence-corrected chi connectivity index (χ2v) is 7.58. The number of benzene rings is 1. The van der Waals surface area contributed by atoms with Gasteiger partial charge in [0.2, 0.25) is 0 Å². The smallest absolute Gasteiger partial charge is 0.388 e. The molecular weight excluding hydrogens is 307 g/mol. The summed E-state index contributed by atoms with van der Waals surface area (Å²) in [5.74, 6) is -0.570. The number of aliphatic hydroxyl groups is 1. The van der Waals surface area contributed by atoms with Crippen molar-refractivity contribution in [1.29, 1.82) is 0 Å². The van der Waals surface area contributed by atoms with E-state index in [9.17, 15) is 26.7 Å². The number of nitrogens with two attached hydrogens (primary N) is 1. The molecule has 0 amide bonds. The monoisotopic (exact) mass is 323 g/mol. The Bertz CT molecular complexity index is 630. The lowest BCUT2D eigenvalue weighted by molar-refractivity contribution is -0.140. The molecule has 1 aromatic carbocycles. The SMILES string of the molecule is NCC1(C(O)c2ccccc2C(F)(F)F)CCS(=O)(=O)C1. The summed E-state index contributed by atoms with van der Waals surface area (Å²) in [6.07, 6.45) is -6.14. The minimum atomic E-state index is -4.62. The molecule has 4 nitrogen and oxygen atoms in total. The number of hydrogen-bond acceptors (Lipinski definition) is 4. The van der Waals surface area contributed by atoms with Crippen molar-refractivity contribution in [3.05, 3.63) is 35.4 Å². The van der Waals surface area contributed by atoms with Crippen LogP contribution in [0.1, 0.15) is 23.7 Å². The van der Waals surface area contributed by atoms with Crippen LogP contribution in [0.15, 0.2) is 24.3 Å². The van der Waals surface area contributed by atoms with Crippen molar-refractivity contribution in [3.8, 4) is 0 Å². The molecule has 1 saturated heterocycles.